The molecule has 32 heavy (non-hydrogen) atoms. The largest absolute Gasteiger partial charge is 0.433 e. The van der Waals surface area contributed by atoms with Gasteiger partial charge in [0.2, 0.25) is 0 Å². The van der Waals surface area contributed by atoms with E-state index in [1.807, 2.05) is 13.8 Å². The molecule has 1 amide bonds. The number of aromatic nitrogens is 4. The topological polar surface area (TPSA) is 116 Å². The molecule has 170 valence electrons. The van der Waals surface area contributed by atoms with Crippen LogP contribution >= 0.6 is 0 Å². The van der Waals surface area contributed by atoms with Gasteiger partial charge in [-0.1, -0.05) is 0 Å². The van der Waals surface area contributed by atoms with Gasteiger partial charge in [0, 0.05) is 24.0 Å². The Labute approximate surface area is 182 Å². The highest BCUT2D eigenvalue weighted by Crippen LogP contribution is 2.31. The zero-order chi connectivity index (χ0) is 23.3. The van der Waals surface area contributed by atoms with Gasteiger partial charge in [-0.2, -0.15) is 13.9 Å². The highest BCUT2D eigenvalue weighted by atomic mass is 32.2. The minimum Gasteiger partial charge on any atom is -0.433 e. The lowest BCUT2D eigenvalue weighted by atomic mass is 10.1. The number of alkyl halides is 2. The normalized spacial score (nSPS) is 16.8. The predicted molar refractivity (Wildman–Crippen MR) is 112 cm³/mol. The van der Waals surface area contributed by atoms with Crippen LogP contribution in [0, 0.1) is 0 Å². The fourth-order valence-electron chi connectivity index (χ4n) is 3.79. The van der Waals surface area contributed by atoms with Crippen LogP contribution in [0.25, 0.3) is 22.3 Å². The first-order valence-corrected chi connectivity index (χ1v) is 11.6. The molecule has 0 spiro atoms. The summed E-state index contributed by atoms with van der Waals surface area (Å²) in [6.45, 7) is 2.49. The summed E-state index contributed by atoms with van der Waals surface area (Å²) in [6, 6.07) is 2.93. The van der Waals surface area contributed by atoms with Gasteiger partial charge >= 0.3 is 6.61 Å². The number of fused-ring (bicyclic) bond motifs is 1. The number of halogens is 2. The number of rotatable bonds is 6. The number of ether oxygens (including phenoxy) is 1. The molecule has 4 rings (SSSR count). The number of carbonyl (C=O) groups is 1. The quantitative estimate of drug-likeness (QED) is 0.595. The number of nitrogens with zero attached hydrogens (tertiary/aromatic N) is 4. The van der Waals surface area contributed by atoms with E-state index in [9.17, 15) is 22.0 Å². The van der Waals surface area contributed by atoms with Gasteiger partial charge in [-0.25, -0.2) is 8.42 Å². The van der Waals surface area contributed by atoms with E-state index >= 15 is 0 Å². The first-order chi connectivity index (χ1) is 15.0. The highest BCUT2D eigenvalue weighted by molar-refractivity contribution is 7.93. The predicted octanol–water partition coefficient (Wildman–Crippen LogP) is 2.59. The lowest BCUT2D eigenvalue weighted by molar-refractivity contribution is -0.0500. The summed E-state index contributed by atoms with van der Waals surface area (Å²) in [7, 11) is -3.12. The Morgan fingerprint density at radius 3 is 2.56 bits per heavy atom. The maximum atomic E-state index is 12.7. The molecule has 3 aromatic heterocycles. The molecule has 1 N–H and O–H groups in total. The molecule has 1 aliphatic rings. The van der Waals surface area contributed by atoms with Crippen LogP contribution in [0.4, 0.5) is 8.78 Å². The Hall–Kier alpha value is -3.15. The Kier molecular flexibility index (Phi) is 5.35. The Morgan fingerprint density at radius 2 is 1.94 bits per heavy atom. The van der Waals surface area contributed by atoms with Crippen LogP contribution in [0.3, 0.4) is 0 Å². The van der Waals surface area contributed by atoms with Crippen molar-refractivity contribution in [1.82, 2.24) is 25.1 Å². The van der Waals surface area contributed by atoms with E-state index in [1.165, 1.54) is 24.7 Å². The van der Waals surface area contributed by atoms with Crippen molar-refractivity contribution in [3.05, 3.63) is 36.3 Å². The van der Waals surface area contributed by atoms with E-state index in [2.05, 4.69) is 25.1 Å². The molecule has 0 aromatic carbocycles. The maximum absolute atomic E-state index is 12.7. The van der Waals surface area contributed by atoms with Crippen LogP contribution in [0.2, 0.25) is 0 Å². The molecule has 1 aliphatic heterocycles. The first kappa shape index (κ1) is 22.1. The summed E-state index contributed by atoms with van der Waals surface area (Å²) < 4.78 is 54.3. The fourth-order valence-corrected chi connectivity index (χ4v) is 5.80. The zero-order valence-corrected chi connectivity index (χ0v) is 18.4. The van der Waals surface area contributed by atoms with Gasteiger partial charge in [-0.3, -0.25) is 19.4 Å². The van der Waals surface area contributed by atoms with E-state index in [4.69, 9.17) is 0 Å². The van der Waals surface area contributed by atoms with Crippen molar-refractivity contribution in [1.29, 1.82) is 0 Å². The van der Waals surface area contributed by atoms with Gasteiger partial charge < -0.3 is 10.1 Å². The molecule has 12 heteroatoms. The van der Waals surface area contributed by atoms with Crippen molar-refractivity contribution < 1.29 is 26.7 Å². The SMILES string of the molecule is CC(C)n1nc(-c2cncc(OC(F)F)c2)c2ncc(C(=O)NC3(C)CS(=O)(=O)C3)cc21. The van der Waals surface area contributed by atoms with Gasteiger partial charge in [0.25, 0.3) is 5.91 Å². The van der Waals surface area contributed by atoms with Gasteiger partial charge in [0.1, 0.15) is 17.0 Å². The Balaban J connectivity index is 1.71. The molecule has 0 radical (unpaired) electrons. The summed E-state index contributed by atoms with van der Waals surface area (Å²) in [5.41, 5.74) is 1.31. The molecule has 1 fully saturated rings. The van der Waals surface area contributed by atoms with Gasteiger partial charge in [-0.05, 0) is 32.9 Å². The van der Waals surface area contributed by atoms with Gasteiger partial charge in [0.15, 0.2) is 9.84 Å². The number of sulfone groups is 1. The van der Waals surface area contributed by atoms with E-state index < -0.39 is 27.9 Å². The van der Waals surface area contributed by atoms with E-state index in [-0.39, 0.29) is 28.9 Å². The van der Waals surface area contributed by atoms with Gasteiger partial charge in [0.05, 0.1) is 34.3 Å². The van der Waals surface area contributed by atoms with Gasteiger partial charge in [-0.15, -0.1) is 0 Å². The minimum absolute atomic E-state index is 0.0888. The summed E-state index contributed by atoms with van der Waals surface area (Å²) in [6.07, 6.45) is 4.01. The molecule has 9 nitrogen and oxygen atoms in total. The molecule has 4 heterocycles. The summed E-state index contributed by atoms with van der Waals surface area (Å²) in [5, 5.41) is 7.32. The van der Waals surface area contributed by atoms with Crippen molar-refractivity contribution in [2.24, 2.45) is 0 Å². The number of carbonyl (C=O) groups excluding carboxylic acids is 1. The molecule has 0 atom stereocenters. The molecule has 1 saturated heterocycles. The van der Waals surface area contributed by atoms with Crippen LogP contribution < -0.4 is 10.1 Å². The molecule has 0 saturated carbocycles. The molecule has 0 aliphatic carbocycles. The molecule has 0 unspecified atom stereocenters. The van der Waals surface area contributed by atoms with Crippen LogP contribution in [0.5, 0.6) is 5.75 Å². The standard InChI is InChI=1S/C20H21F2N5O4S/c1-11(2)27-15-5-13(18(28)25-20(3)9-32(29,30)10-20)7-24-17(15)16(26-27)12-4-14(8-23-6-12)31-19(21)22/h4-8,11,19H,9-10H2,1-3H3,(H,25,28). The van der Waals surface area contributed by atoms with Crippen molar-refractivity contribution >= 4 is 26.8 Å². The molecule has 0 bridgehead atoms. The van der Waals surface area contributed by atoms with E-state index in [0.29, 0.717) is 22.3 Å². The first-order valence-electron chi connectivity index (χ1n) is 9.78. The van der Waals surface area contributed by atoms with Crippen molar-refractivity contribution in [3.63, 3.8) is 0 Å². The third-order valence-electron chi connectivity index (χ3n) is 5.00. The number of pyridine rings is 2. The Bertz CT molecular complexity index is 1290. The van der Waals surface area contributed by atoms with Crippen LogP contribution in [0.1, 0.15) is 37.2 Å². The monoisotopic (exact) mass is 465 g/mol. The smallest absolute Gasteiger partial charge is 0.387 e. The van der Waals surface area contributed by atoms with Crippen molar-refractivity contribution in [3.8, 4) is 17.0 Å². The maximum Gasteiger partial charge on any atom is 0.387 e. The second kappa shape index (κ2) is 7.76. The number of nitrogens with one attached hydrogen (secondary N) is 1. The van der Waals surface area contributed by atoms with E-state index in [0.717, 1.165) is 0 Å². The van der Waals surface area contributed by atoms with Crippen LogP contribution in [0.15, 0.2) is 30.7 Å². The van der Waals surface area contributed by atoms with Crippen LogP contribution in [-0.2, 0) is 9.84 Å². The third kappa shape index (κ3) is 4.27. The average molecular weight is 465 g/mol. The number of amides is 1. The average Bonchev–Trinajstić information content (AvgIpc) is 3.05. The van der Waals surface area contributed by atoms with E-state index in [1.54, 1.807) is 17.7 Å². The molecule has 3 aromatic rings. The molecular formula is C20H21F2N5O4S. The van der Waals surface area contributed by atoms with Crippen LogP contribution in [-0.4, -0.2) is 57.7 Å². The molecular weight excluding hydrogens is 444 g/mol. The summed E-state index contributed by atoms with van der Waals surface area (Å²) >= 11 is 0. The fraction of sp³-hybridized carbons (Fsp3) is 0.400. The third-order valence-corrected chi connectivity index (χ3v) is 7.16. The number of hydrogen-bond donors (Lipinski definition) is 1. The lowest BCUT2D eigenvalue weighted by Gasteiger charge is -2.38. The lowest BCUT2D eigenvalue weighted by Crippen LogP contribution is -2.63. The second-order valence-electron chi connectivity index (χ2n) is 8.31. The second-order valence-corrected chi connectivity index (χ2v) is 10.4. The summed E-state index contributed by atoms with van der Waals surface area (Å²) in [4.78, 5) is 21.1. The zero-order valence-electron chi connectivity index (χ0n) is 17.5. The number of hydrogen-bond acceptors (Lipinski definition) is 7. The van der Waals surface area contributed by atoms with Crippen molar-refractivity contribution in [2.75, 3.05) is 11.5 Å². The highest BCUT2D eigenvalue weighted by Gasteiger charge is 2.45. The minimum atomic E-state index is -3.12. The van der Waals surface area contributed by atoms with Crippen molar-refractivity contribution in [2.45, 2.75) is 39.0 Å². The Morgan fingerprint density at radius 1 is 1.22 bits per heavy atom. The summed E-state index contributed by atoms with van der Waals surface area (Å²) in [5.74, 6) is -0.771.